The molecule has 0 atom stereocenters. The molecule has 0 radical (unpaired) electrons. The number of aromatic nitrogens is 1. The molecular weight excluding hydrogens is 278 g/mol. The molecule has 1 nitrogen and oxygen atoms in total. The third kappa shape index (κ3) is 3.19. The van der Waals surface area contributed by atoms with Gasteiger partial charge in [0.25, 0.3) is 0 Å². The average Bonchev–Trinajstić information content (AvgIpc) is 2.55. The van der Waals surface area contributed by atoms with E-state index in [2.05, 4.69) is 85.4 Å². The van der Waals surface area contributed by atoms with E-state index in [-0.39, 0.29) is 0 Å². The van der Waals surface area contributed by atoms with Crippen molar-refractivity contribution in [3.63, 3.8) is 0 Å². The van der Waals surface area contributed by atoms with Crippen molar-refractivity contribution in [1.29, 1.82) is 0 Å². The van der Waals surface area contributed by atoms with Crippen LogP contribution in [-0.4, -0.2) is 0 Å². The number of benzene rings is 2. The van der Waals surface area contributed by atoms with Gasteiger partial charge in [0.05, 0.1) is 0 Å². The Morgan fingerprint density at radius 1 is 0.870 bits per heavy atom. The molecule has 0 saturated carbocycles. The summed E-state index contributed by atoms with van der Waals surface area (Å²) < 4.78 is 10.3. The van der Waals surface area contributed by atoms with Gasteiger partial charge in [0, 0.05) is 18.6 Å². The number of aryl methyl sites for hydroxylation is 2. The van der Waals surface area contributed by atoms with Gasteiger partial charge in [-0.2, -0.15) is 0 Å². The lowest BCUT2D eigenvalue weighted by atomic mass is 9.98. The Labute approximate surface area is 140 Å². The van der Waals surface area contributed by atoms with Gasteiger partial charge in [0.1, 0.15) is 7.05 Å². The third-order valence-corrected chi connectivity index (χ3v) is 4.35. The van der Waals surface area contributed by atoms with Gasteiger partial charge < -0.3 is 0 Å². The molecular formula is C22H24N+. The monoisotopic (exact) mass is 303 g/mol. The average molecular weight is 303 g/mol. The highest BCUT2D eigenvalue weighted by Gasteiger charge is 2.13. The van der Waals surface area contributed by atoms with Crippen LogP contribution < -0.4 is 4.57 Å². The van der Waals surface area contributed by atoms with E-state index in [4.69, 9.17) is 1.37 Å². The van der Waals surface area contributed by atoms with Crippen LogP contribution in [0.2, 0.25) is 0 Å². The Balaban J connectivity index is 1.97. The van der Waals surface area contributed by atoms with Crippen LogP contribution in [0.15, 0.2) is 66.9 Å². The fraction of sp³-hybridized carbons (Fsp3) is 0.227. The van der Waals surface area contributed by atoms with Crippen molar-refractivity contribution in [2.45, 2.75) is 26.7 Å². The Morgan fingerprint density at radius 3 is 2.13 bits per heavy atom. The predicted molar refractivity (Wildman–Crippen MR) is 97.3 cm³/mol. The Hall–Kier alpha value is -2.41. The standard InChI is InChI=1S/C22H24N/c1-16(2)18-9-11-19(12-10-18)20-13-14-22(23(4)15-20)21-8-6-5-7-17(21)3/h5-16H,1-4H3/q+1/i16D. The molecule has 0 N–H and O–H groups in total. The molecule has 1 heterocycles. The zero-order valence-corrected chi connectivity index (χ0v) is 14.3. The van der Waals surface area contributed by atoms with Crippen LogP contribution in [0.3, 0.4) is 0 Å². The van der Waals surface area contributed by atoms with E-state index in [0.29, 0.717) is 0 Å². The molecule has 0 spiro atoms. The van der Waals surface area contributed by atoms with E-state index in [1.165, 1.54) is 27.9 Å². The molecule has 0 unspecified atom stereocenters. The van der Waals surface area contributed by atoms with E-state index in [1.807, 2.05) is 13.8 Å². The number of hydrogen-bond acceptors (Lipinski definition) is 0. The lowest BCUT2D eigenvalue weighted by Gasteiger charge is -2.08. The summed E-state index contributed by atoms with van der Waals surface area (Å²) >= 11 is 0. The van der Waals surface area contributed by atoms with Crippen molar-refractivity contribution < 1.29 is 5.94 Å². The Kier molecular flexibility index (Phi) is 3.94. The van der Waals surface area contributed by atoms with E-state index in [9.17, 15) is 0 Å². The lowest BCUT2D eigenvalue weighted by Crippen LogP contribution is -2.30. The normalized spacial score (nSPS) is 12.1. The maximum atomic E-state index is 8.12. The van der Waals surface area contributed by atoms with Crippen molar-refractivity contribution in [3.05, 3.63) is 78.0 Å². The summed E-state index contributed by atoms with van der Waals surface area (Å²) in [4.78, 5) is 0. The molecule has 0 fully saturated rings. The summed E-state index contributed by atoms with van der Waals surface area (Å²) in [5.41, 5.74) is 7.15. The van der Waals surface area contributed by atoms with Crippen LogP contribution in [0, 0.1) is 6.92 Å². The molecule has 1 aromatic heterocycles. The zero-order valence-electron chi connectivity index (χ0n) is 15.3. The second-order valence-electron chi connectivity index (χ2n) is 6.31. The van der Waals surface area contributed by atoms with Crippen LogP contribution in [0.5, 0.6) is 0 Å². The Bertz CT molecular complexity index is 858. The first-order chi connectivity index (χ1) is 11.4. The minimum Gasteiger partial charge on any atom is -0.200 e. The molecule has 0 amide bonds. The SMILES string of the molecule is [2H]C(C)(C)c1ccc(-c2ccc(-c3ccccc3C)[n+](C)c2)cc1. The Morgan fingerprint density at radius 2 is 1.52 bits per heavy atom. The molecule has 23 heavy (non-hydrogen) atoms. The van der Waals surface area contributed by atoms with Gasteiger partial charge in [0.2, 0.25) is 5.69 Å². The van der Waals surface area contributed by atoms with Gasteiger partial charge >= 0.3 is 0 Å². The fourth-order valence-electron chi connectivity index (χ4n) is 2.91. The van der Waals surface area contributed by atoms with Crippen LogP contribution in [0.1, 0.15) is 32.2 Å². The summed E-state index contributed by atoms with van der Waals surface area (Å²) in [6.45, 7) is 5.97. The van der Waals surface area contributed by atoms with E-state index >= 15 is 0 Å². The molecule has 0 aliphatic heterocycles. The molecule has 3 aromatic rings. The maximum Gasteiger partial charge on any atom is 0.212 e. The summed E-state index contributed by atoms with van der Waals surface area (Å²) in [6, 6.07) is 21.1. The largest absolute Gasteiger partial charge is 0.212 e. The van der Waals surface area contributed by atoms with Crippen LogP contribution in [0.25, 0.3) is 22.4 Å². The summed E-state index contributed by atoms with van der Waals surface area (Å²) in [5.74, 6) is -0.558. The summed E-state index contributed by atoms with van der Waals surface area (Å²) in [7, 11) is 2.09. The van der Waals surface area contributed by atoms with Crippen molar-refractivity contribution in [3.8, 4) is 22.4 Å². The fourth-order valence-corrected chi connectivity index (χ4v) is 2.91. The van der Waals surface area contributed by atoms with Crippen LogP contribution >= 0.6 is 0 Å². The van der Waals surface area contributed by atoms with E-state index in [1.54, 1.807) is 0 Å². The molecule has 3 rings (SSSR count). The first-order valence-corrected chi connectivity index (χ1v) is 8.03. The minimum absolute atomic E-state index is 0.558. The maximum absolute atomic E-state index is 8.12. The van der Waals surface area contributed by atoms with Crippen LogP contribution in [0.4, 0.5) is 0 Å². The summed E-state index contributed by atoms with van der Waals surface area (Å²) in [5, 5.41) is 0. The molecule has 116 valence electrons. The van der Waals surface area contributed by atoms with Gasteiger partial charge in [-0.05, 0) is 41.6 Å². The molecule has 0 aliphatic carbocycles. The van der Waals surface area contributed by atoms with Gasteiger partial charge in [-0.15, -0.1) is 0 Å². The van der Waals surface area contributed by atoms with Crippen molar-refractivity contribution in [1.82, 2.24) is 0 Å². The summed E-state index contributed by atoms with van der Waals surface area (Å²) in [6.07, 6.45) is 2.17. The highest BCUT2D eigenvalue weighted by Crippen LogP contribution is 2.25. The zero-order chi connectivity index (χ0) is 17.3. The van der Waals surface area contributed by atoms with Crippen molar-refractivity contribution in [2.75, 3.05) is 0 Å². The first kappa shape index (κ1) is 14.2. The second kappa shape index (κ2) is 6.37. The van der Waals surface area contributed by atoms with Gasteiger partial charge in [-0.3, -0.25) is 0 Å². The highest BCUT2D eigenvalue weighted by molar-refractivity contribution is 5.66. The molecule has 0 bridgehead atoms. The first-order valence-electron chi connectivity index (χ1n) is 8.53. The van der Waals surface area contributed by atoms with Gasteiger partial charge in [-0.1, -0.05) is 56.3 Å². The smallest absolute Gasteiger partial charge is 0.200 e. The van der Waals surface area contributed by atoms with Crippen molar-refractivity contribution in [2.24, 2.45) is 7.05 Å². The number of hydrogen-bond donors (Lipinski definition) is 0. The second-order valence-corrected chi connectivity index (χ2v) is 6.31. The topological polar surface area (TPSA) is 3.88 Å². The van der Waals surface area contributed by atoms with Crippen molar-refractivity contribution >= 4 is 0 Å². The molecule has 1 heteroatoms. The molecule has 0 saturated heterocycles. The highest BCUT2D eigenvalue weighted by atomic mass is 14.9. The molecule has 2 aromatic carbocycles. The molecule has 0 aliphatic rings. The van der Waals surface area contributed by atoms with E-state index in [0.717, 1.165) is 5.56 Å². The number of pyridine rings is 1. The minimum atomic E-state index is -0.558. The van der Waals surface area contributed by atoms with Gasteiger partial charge in [0.15, 0.2) is 6.20 Å². The van der Waals surface area contributed by atoms with Crippen LogP contribution in [-0.2, 0) is 7.05 Å². The third-order valence-electron chi connectivity index (χ3n) is 4.35. The lowest BCUT2D eigenvalue weighted by molar-refractivity contribution is -0.659. The number of nitrogens with zero attached hydrogens (tertiary/aromatic N) is 1. The van der Waals surface area contributed by atoms with Gasteiger partial charge in [-0.25, -0.2) is 4.57 Å². The predicted octanol–water partition coefficient (Wildman–Crippen LogP) is 5.28. The quantitative estimate of drug-likeness (QED) is 0.580. The number of rotatable bonds is 3. The van der Waals surface area contributed by atoms with E-state index < -0.39 is 5.89 Å².